The summed E-state index contributed by atoms with van der Waals surface area (Å²) >= 11 is 31.3. The monoisotopic (exact) mass is 629 g/mol. The van der Waals surface area contributed by atoms with Crippen molar-refractivity contribution in [2.75, 3.05) is 0 Å². The molecule has 0 saturated heterocycles. The van der Waals surface area contributed by atoms with E-state index in [1.165, 1.54) is 24.4 Å². The van der Waals surface area contributed by atoms with Crippen molar-refractivity contribution in [2.45, 2.75) is 0 Å². The highest BCUT2D eigenvalue weighted by molar-refractivity contribution is 6.41. The van der Waals surface area contributed by atoms with Crippen molar-refractivity contribution >= 4 is 87.0 Å². The van der Waals surface area contributed by atoms with E-state index in [1.807, 2.05) is 0 Å². The van der Waals surface area contributed by atoms with E-state index in [0.29, 0.717) is 47.7 Å². The Labute approximate surface area is 253 Å². The van der Waals surface area contributed by atoms with Crippen LogP contribution in [0.1, 0.15) is 26.4 Å². The fourth-order valence-electron chi connectivity index (χ4n) is 4.06. The summed E-state index contributed by atoms with van der Waals surface area (Å²) < 4.78 is 5.53. The topological polar surface area (TPSA) is 83.5 Å². The van der Waals surface area contributed by atoms with Crippen molar-refractivity contribution in [3.63, 3.8) is 0 Å². The number of hydrogen-bond donors (Lipinski definition) is 2. The van der Waals surface area contributed by atoms with Crippen molar-refractivity contribution in [3.8, 4) is 16.9 Å². The maximum Gasteiger partial charge on any atom is 0.345 e. The second kappa shape index (κ2) is 11.9. The van der Waals surface area contributed by atoms with Crippen LogP contribution in [-0.4, -0.2) is 23.1 Å². The number of amides is 1. The van der Waals surface area contributed by atoms with Crippen LogP contribution in [0, 0.1) is 0 Å². The van der Waals surface area contributed by atoms with Gasteiger partial charge in [-0.25, -0.2) is 10.2 Å². The molecular weight excluding hydrogens is 616 g/mol. The maximum atomic E-state index is 13.3. The number of H-pyrrole nitrogens is 1. The Hall–Kier alpha value is -3.52. The number of nitrogens with zero attached hydrogens (tertiary/aromatic N) is 1. The summed E-state index contributed by atoms with van der Waals surface area (Å²) in [5.74, 6) is -1.03. The number of ether oxygens (including phenoxy) is 1. The Morgan fingerprint density at radius 3 is 2.30 bits per heavy atom. The number of para-hydroxylation sites is 1. The van der Waals surface area contributed by atoms with E-state index in [4.69, 9.17) is 62.7 Å². The van der Waals surface area contributed by atoms with Gasteiger partial charge in [-0.1, -0.05) is 88.3 Å². The number of carbonyl (C=O) groups excluding carboxylic acids is 2. The van der Waals surface area contributed by atoms with Crippen LogP contribution in [0.15, 0.2) is 84.0 Å². The summed E-state index contributed by atoms with van der Waals surface area (Å²) in [6, 6.07) is 21.5. The number of hydrogen-bond acceptors (Lipinski definition) is 4. The van der Waals surface area contributed by atoms with Crippen molar-refractivity contribution < 1.29 is 14.3 Å². The van der Waals surface area contributed by atoms with Crippen LogP contribution in [0.5, 0.6) is 5.75 Å². The lowest BCUT2D eigenvalue weighted by atomic mass is 10.0. The van der Waals surface area contributed by atoms with E-state index >= 15 is 0 Å². The lowest BCUT2D eigenvalue weighted by Crippen LogP contribution is -2.19. The van der Waals surface area contributed by atoms with Gasteiger partial charge in [0.25, 0.3) is 5.91 Å². The molecule has 0 aliphatic rings. The van der Waals surface area contributed by atoms with Gasteiger partial charge in [-0.3, -0.25) is 4.79 Å². The Kier molecular flexibility index (Phi) is 8.35. The second-order valence-corrected chi connectivity index (χ2v) is 10.5. The van der Waals surface area contributed by atoms with E-state index in [0.717, 1.165) is 0 Å². The van der Waals surface area contributed by atoms with Gasteiger partial charge in [0.05, 0.1) is 21.8 Å². The first-order valence-electron chi connectivity index (χ1n) is 11.6. The lowest BCUT2D eigenvalue weighted by Gasteiger charge is -2.09. The summed E-state index contributed by atoms with van der Waals surface area (Å²) in [4.78, 5) is 29.1. The molecule has 0 radical (unpaired) electrons. The molecule has 0 unspecified atom stereocenters. The average molecular weight is 632 g/mol. The number of carbonyl (C=O) groups is 2. The van der Waals surface area contributed by atoms with Gasteiger partial charge in [0.15, 0.2) is 0 Å². The minimum atomic E-state index is -0.676. The van der Waals surface area contributed by atoms with Crippen LogP contribution in [-0.2, 0) is 0 Å². The molecule has 1 amide bonds. The van der Waals surface area contributed by atoms with Gasteiger partial charge < -0.3 is 9.72 Å². The van der Waals surface area contributed by atoms with Gasteiger partial charge in [-0.2, -0.15) is 5.10 Å². The molecule has 0 aliphatic heterocycles. The molecule has 11 heteroatoms. The average Bonchev–Trinajstić information content (AvgIpc) is 3.29. The molecule has 0 atom stereocenters. The van der Waals surface area contributed by atoms with Gasteiger partial charge in [-0.05, 0) is 48.5 Å². The minimum Gasteiger partial charge on any atom is -0.422 e. The molecule has 0 aliphatic carbocycles. The van der Waals surface area contributed by atoms with Crippen LogP contribution >= 0.6 is 58.0 Å². The quantitative estimate of drug-likeness (QED) is 0.0849. The van der Waals surface area contributed by atoms with Gasteiger partial charge in [0.2, 0.25) is 0 Å². The Morgan fingerprint density at radius 1 is 0.800 bits per heavy atom. The highest BCUT2D eigenvalue weighted by Gasteiger charge is 2.23. The van der Waals surface area contributed by atoms with Crippen molar-refractivity contribution in [1.29, 1.82) is 0 Å². The zero-order valence-corrected chi connectivity index (χ0v) is 23.9. The van der Waals surface area contributed by atoms with E-state index in [1.54, 1.807) is 60.7 Å². The molecule has 6 nitrogen and oxygen atoms in total. The zero-order chi connectivity index (χ0) is 28.4. The molecule has 1 heterocycles. The highest BCUT2D eigenvalue weighted by Crippen LogP contribution is 2.41. The second-order valence-electron chi connectivity index (χ2n) is 8.42. The molecule has 5 aromatic rings. The Morgan fingerprint density at radius 2 is 1.52 bits per heavy atom. The lowest BCUT2D eigenvalue weighted by molar-refractivity contribution is 0.0734. The summed E-state index contributed by atoms with van der Waals surface area (Å²) in [7, 11) is 0. The summed E-state index contributed by atoms with van der Waals surface area (Å²) in [6.45, 7) is 0. The van der Waals surface area contributed by atoms with Crippen LogP contribution in [0.25, 0.3) is 22.0 Å². The first-order chi connectivity index (χ1) is 19.2. The molecule has 0 bridgehead atoms. The van der Waals surface area contributed by atoms with Gasteiger partial charge >= 0.3 is 5.97 Å². The van der Waals surface area contributed by atoms with Crippen molar-refractivity contribution in [2.24, 2.45) is 5.10 Å². The zero-order valence-electron chi connectivity index (χ0n) is 20.1. The number of aromatic amines is 1. The number of fused-ring (bicyclic) bond motifs is 1. The van der Waals surface area contributed by atoms with Gasteiger partial charge in [0.1, 0.15) is 11.4 Å². The number of halogens is 5. The number of nitrogens with one attached hydrogen (secondary N) is 2. The normalized spacial score (nSPS) is 11.2. The first-order valence-corrected chi connectivity index (χ1v) is 13.5. The smallest absolute Gasteiger partial charge is 0.345 e. The highest BCUT2D eigenvalue weighted by atomic mass is 35.5. The maximum absolute atomic E-state index is 13.3. The number of hydrazone groups is 1. The molecule has 4 aromatic carbocycles. The molecule has 0 saturated carbocycles. The minimum absolute atomic E-state index is 0.149. The molecule has 1 aromatic heterocycles. The number of aromatic nitrogens is 1. The van der Waals surface area contributed by atoms with Crippen LogP contribution < -0.4 is 10.2 Å². The van der Waals surface area contributed by atoms with E-state index < -0.39 is 11.9 Å². The molecule has 40 heavy (non-hydrogen) atoms. The Bertz CT molecular complexity index is 1820. The van der Waals surface area contributed by atoms with E-state index in [-0.39, 0.29) is 22.0 Å². The fourth-order valence-corrected chi connectivity index (χ4v) is 5.36. The van der Waals surface area contributed by atoms with Gasteiger partial charge in [-0.15, -0.1) is 0 Å². The van der Waals surface area contributed by atoms with E-state index in [2.05, 4.69) is 15.5 Å². The largest absolute Gasteiger partial charge is 0.422 e. The first kappa shape index (κ1) is 28.0. The predicted molar refractivity (Wildman–Crippen MR) is 162 cm³/mol. The number of esters is 1. The van der Waals surface area contributed by atoms with Crippen LogP contribution in [0.2, 0.25) is 25.1 Å². The molecule has 0 spiro atoms. The molecule has 0 fully saturated rings. The summed E-state index contributed by atoms with van der Waals surface area (Å²) in [5, 5.41) is 6.41. The van der Waals surface area contributed by atoms with Crippen LogP contribution in [0.3, 0.4) is 0 Å². The third-order valence-electron chi connectivity index (χ3n) is 5.83. The standard InChI is InChI=1S/C29H16Cl5N3O3/c30-16-9-10-19(21(33)11-16)29(39)40-24-8-4-1-5-15(24)14-35-37-28(38)27-25(18-6-2-3-7-20(18)32)26-22(34)12-17(31)13-23(26)36-27/h1-14,36H,(H,37,38). The molecule has 2 N–H and O–H groups in total. The fraction of sp³-hybridized carbons (Fsp3) is 0. The Balaban J connectivity index is 1.43. The summed E-state index contributed by atoms with van der Waals surface area (Å²) in [6.07, 6.45) is 1.35. The number of rotatable bonds is 6. The van der Waals surface area contributed by atoms with Crippen molar-refractivity contribution in [3.05, 3.63) is 121 Å². The molecular formula is C29H16Cl5N3O3. The number of benzene rings is 4. The van der Waals surface area contributed by atoms with Gasteiger partial charge in [0, 0.05) is 42.7 Å². The third kappa shape index (κ3) is 5.82. The third-order valence-corrected chi connectivity index (χ3v) is 7.22. The molecule has 5 rings (SSSR count). The molecule has 200 valence electrons. The van der Waals surface area contributed by atoms with Crippen LogP contribution in [0.4, 0.5) is 0 Å². The summed E-state index contributed by atoms with van der Waals surface area (Å²) in [5.41, 5.74) is 4.93. The van der Waals surface area contributed by atoms with Crippen molar-refractivity contribution in [1.82, 2.24) is 10.4 Å². The predicted octanol–water partition coefficient (Wildman–Crippen LogP) is 9.08. The SMILES string of the molecule is O=C(Oc1ccccc1C=NNC(=O)c1[nH]c2cc(Cl)cc(Cl)c2c1-c1ccccc1Cl)c1ccc(Cl)cc1Cl. The van der Waals surface area contributed by atoms with E-state index in [9.17, 15) is 9.59 Å².